The quantitative estimate of drug-likeness (QED) is 0.683. The van der Waals surface area contributed by atoms with Crippen molar-refractivity contribution in [3.05, 3.63) is 24.2 Å². The van der Waals surface area contributed by atoms with E-state index in [1.165, 1.54) is 6.42 Å². The van der Waals surface area contributed by atoms with Gasteiger partial charge in [0.1, 0.15) is 5.76 Å². The first-order chi connectivity index (χ1) is 5.33. The zero-order valence-electron chi connectivity index (χ0n) is 7.21. The van der Waals surface area contributed by atoms with E-state index in [-0.39, 0.29) is 0 Å². The summed E-state index contributed by atoms with van der Waals surface area (Å²) in [5.74, 6) is 1.10. The summed E-state index contributed by atoms with van der Waals surface area (Å²) in [4.78, 5) is 0. The van der Waals surface area contributed by atoms with Crippen LogP contribution in [0.2, 0.25) is 0 Å². The highest BCUT2D eigenvalue weighted by molar-refractivity contribution is 4.97. The Morgan fingerprint density at radius 1 is 1.64 bits per heavy atom. The molecule has 0 fully saturated rings. The zero-order chi connectivity index (χ0) is 8.10. The van der Waals surface area contributed by atoms with Gasteiger partial charge in [0.2, 0.25) is 0 Å². The number of hydrogen-bond donors (Lipinski definition) is 1. The highest BCUT2D eigenvalue weighted by Crippen LogP contribution is 2.03. The molecule has 0 aromatic carbocycles. The third-order valence-corrected chi connectivity index (χ3v) is 2.00. The molecule has 1 atom stereocenters. The summed E-state index contributed by atoms with van der Waals surface area (Å²) in [6, 6.07) is 4.66. The fraction of sp³-hybridized carbons (Fsp3) is 0.556. The summed E-state index contributed by atoms with van der Waals surface area (Å²) in [7, 11) is 2.10. The first-order valence-corrected chi connectivity index (χ1v) is 4.15. The van der Waals surface area contributed by atoms with Crippen LogP contribution in [0.1, 0.15) is 19.1 Å². The smallest absolute Gasteiger partial charge is 0.103 e. The van der Waals surface area contributed by atoms with Crippen molar-refractivity contribution in [2.24, 2.45) is 0 Å². The number of rotatable bonds is 4. The molecule has 0 saturated heterocycles. The first kappa shape index (κ1) is 8.34. The van der Waals surface area contributed by atoms with Gasteiger partial charge in [-0.15, -0.1) is 0 Å². The van der Waals surface area contributed by atoms with Gasteiger partial charge in [-0.1, -0.05) is 0 Å². The van der Waals surface area contributed by atoms with Gasteiger partial charge in [0.25, 0.3) is 0 Å². The maximum Gasteiger partial charge on any atom is 0.103 e. The van der Waals surface area contributed by atoms with E-state index in [0.29, 0.717) is 6.04 Å². The average Bonchev–Trinajstić information content (AvgIpc) is 2.52. The van der Waals surface area contributed by atoms with Gasteiger partial charge in [0, 0.05) is 12.8 Å². The van der Waals surface area contributed by atoms with Crippen molar-refractivity contribution >= 4 is 0 Å². The molecule has 1 rings (SSSR count). The van der Waals surface area contributed by atoms with Gasteiger partial charge < -0.3 is 9.73 Å². The zero-order valence-corrected chi connectivity index (χ0v) is 7.21. The fourth-order valence-electron chi connectivity index (χ4n) is 0.991. The molecule has 0 amide bonds. The number of nitrogens with two attached hydrogens (primary N) is 1. The number of hydrogen-bond acceptors (Lipinski definition) is 1. The molecule has 0 aliphatic carbocycles. The minimum atomic E-state index is 0.695. The van der Waals surface area contributed by atoms with E-state index in [1.54, 1.807) is 6.26 Å². The van der Waals surface area contributed by atoms with Gasteiger partial charge in [-0.05, 0) is 19.1 Å². The van der Waals surface area contributed by atoms with E-state index in [2.05, 4.69) is 19.3 Å². The molecule has 0 unspecified atom stereocenters. The molecule has 0 aliphatic rings. The second-order valence-electron chi connectivity index (χ2n) is 2.93. The van der Waals surface area contributed by atoms with Gasteiger partial charge >= 0.3 is 0 Å². The predicted octanol–water partition coefficient (Wildman–Crippen LogP) is 0.794. The summed E-state index contributed by atoms with van der Waals surface area (Å²) in [5.41, 5.74) is 0. The number of quaternary nitrogens is 1. The topological polar surface area (TPSA) is 29.8 Å². The molecule has 0 saturated carbocycles. The van der Waals surface area contributed by atoms with E-state index in [4.69, 9.17) is 4.42 Å². The Bertz CT molecular complexity index is 181. The van der Waals surface area contributed by atoms with Gasteiger partial charge in [-0.3, -0.25) is 0 Å². The second-order valence-corrected chi connectivity index (χ2v) is 2.93. The molecule has 2 nitrogen and oxygen atoms in total. The maximum absolute atomic E-state index is 5.21. The molecule has 11 heavy (non-hydrogen) atoms. The molecular weight excluding hydrogens is 138 g/mol. The molecule has 2 N–H and O–H groups in total. The molecule has 1 heterocycles. The van der Waals surface area contributed by atoms with Crippen LogP contribution >= 0.6 is 0 Å². The van der Waals surface area contributed by atoms with Gasteiger partial charge in [0.05, 0.1) is 19.4 Å². The largest absolute Gasteiger partial charge is 0.469 e. The fourth-order valence-corrected chi connectivity index (χ4v) is 0.991. The van der Waals surface area contributed by atoms with Crippen molar-refractivity contribution in [1.82, 2.24) is 0 Å². The third-order valence-electron chi connectivity index (χ3n) is 2.00. The molecule has 2 heteroatoms. The molecule has 0 aliphatic heterocycles. The maximum atomic E-state index is 5.21. The van der Waals surface area contributed by atoms with Crippen LogP contribution in [0.25, 0.3) is 0 Å². The molecule has 0 radical (unpaired) electrons. The van der Waals surface area contributed by atoms with Crippen LogP contribution in [0.15, 0.2) is 22.8 Å². The predicted molar refractivity (Wildman–Crippen MR) is 44.3 cm³/mol. The third kappa shape index (κ3) is 2.76. The molecule has 1 aromatic heterocycles. The Morgan fingerprint density at radius 3 is 3.00 bits per heavy atom. The van der Waals surface area contributed by atoms with Crippen LogP contribution in [0.5, 0.6) is 0 Å². The summed E-state index contributed by atoms with van der Waals surface area (Å²) in [5, 5.41) is 2.23. The molecular formula is C9H16NO+. The summed E-state index contributed by atoms with van der Waals surface area (Å²) in [6.45, 7) is 2.23. The van der Waals surface area contributed by atoms with Crippen molar-refractivity contribution in [2.75, 3.05) is 7.05 Å². The lowest BCUT2D eigenvalue weighted by atomic mass is 10.1. The SMILES string of the molecule is C[NH2+][C@@H](C)CCc1ccco1. The minimum absolute atomic E-state index is 0.695. The van der Waals surface area contributed by atoms with E-state index in [0.717, 1.165) is 12.2 Å². The lowest BCUT2D eigenvalue weighted by molar-refractivity contribution is -0.660. The van der Waals surface area contributed by atoms with Gasteiger partial charge in [-0.2, -0.15) is 0 Å². The van der Waals surface area contributed by atoms with Crippen LogP contribution in [0.3, 0.4) is 0 Å². The number of aryl methyl sites for hydroxylation is 1. The summed E-state index contributed by atoms with van der Waals surface area (Å²) < 4.78 is 5.21. The summed E-state index contributed by atoms with van der Waals surface area (Å²) in [6.07, 6.45) is 3.97. The highest BCUT2D eigenvalue weighted by atomic mass is 16.3. The van der Waals surface area contributed by atoms with Crippen LogP contribution in [-0.4, -0.2) is 13.1 Å². The van der Waals surface area contributed by atoms with Crippen molar-refractivity contribution in [3.63, 3.8) is 0 Å². The average molecular weight is 154 g/mol. The summed E-state index contributed by atoms with van der Waals surface area (Å²) >= 11 is 0. The Labute approximate surface area is 67.6 Å². The monoisotopic (exact) mass is 154 g/mol. The van der Waals surface area contributed by atoms with Crippen molar-refractivity contribution in [2.45, 2.75) is 25.8 Å². The number of furan rings is 1. The van der Waals surface area contributed by atoms with Crippen LogP contribution in [0, 0.1) is 0 Å². The minimum Gasteiger partial charge on any atom is -0.469 e. The van der Waals surface area contributed by atoms with Gasteiger partial charge in [-0.25, -0.2) is 0 Å². The first-order valence-electron chi connectivity index (χ1n) is 4.15. The van der Waals surface area contributed by atoms with E-state index < -0.39 is 0 Å². The van der Waals surface area contributed by atoms with Crippen LogP contribution in [-0.2, 0) is 6.42 Å². The van der Waals surface area contributed by atoms with Crippen molar-refractivity contribution in [1.29, 1.82) is 0 Å². The van der Waals surface area contributed by atoms with E-state index >= 15 is 0 Å². The normalized spacial score (nSPS) is 13.3. The Balaban J connectivity index is 2.23. The Hall–Kier alpha value is -0.760. The Morgan fingerprint density at radius 2 is 2.45 bits per heavy atom. The molecule has 1 aromatic rings. The molecule has 0 spiro atoms. The lowest BCUT2D eigenvalue weighted by Gasteiger charge is -2.04. The van der Waals surface area contributed by atoms with E-state index in [9.17, 15) is 0 Å². The Kier molecular flexibility index (Phi) is 3.17. The van der Waals surface area contributed by atoms with Crippen molar-refractivity contribution in [3.8, 4) is 0 Å². The standard InChI is InChI=1S/C9H15NO/c1-8(10-2)5-6-9-4-3-7-11-9/h3-4,7-8,10H,5-6H2,1-2H3/p+1/t8-/m0/s1. The van der Waals surface area contributed by atoms with Crippen LogP contribution in [0.4, 0.5) is 0 Å². The highest BCUT2D eigenvalue weighted by Gasteiger charge is 2.02. The van der Waals surface area contributed by atoms with Crippen molar-refractivity contribution < 1.29 is 9.73 Å². The lowest BCUT2D eigenvalue weighted by Crippen LogP contribution is -2.85. The molecule has 62 valence electrons. The van der Waals surface area contributed by atoms with Gasteiger partial charge in [0.15, 0.2) is 0 Å². The second kappa shape index (κ2) is 4.19. The van der Waals surface area contributed by atoms with E-state index in [1.807, 2.05) is 12.1 Å². The molecule has 0 bridgehead atoms. The van der Waals surface area contributed by atoms with Crippen LogP contribution < -0.4 is 5.32 Å².